The molecule has 0 saturated carbocycles. The molecular weight excluding hydrogens is 399 g/mol. The molecule has 22 heavy (non-hydrogen) atoms. The van der Waals surface area contributed by atoms with Crippen LogP contribution in [0.2, 0.25) is 0 Å². The lowest BCUT2D eigenvalue weighted by Gasteiger charge is -2.22. The summed E-state index contributed by atoms with van der Waals surface area (Å²) in [4.78, 5) is 13.1. The van der Waals surface area contributed by atoms with Crippen LogP contribution in [-0.4, -0.2) is 54.6 Å². The summed E-state index contributed by atoms with van der Waals surface area (Å²) in [5, 5.41) is 6.99. The summed E-state index contributed by atoms with van der Waals surface area (Å²) in [7, 11) is 3.55. The number of amides is 1. The number of nitrogens with one attached hydrogen (secondary N) is 1. The molecule has 1 aliphatic rings. The van der Waals surface area contributed by atoms with Crippen LogP contribution in [0.25, 0.3) is 0 Å². The summed E-state index contributed by atoms with van der Waals surface area (Å²) in [5.74, 6) is 0. The maximum Gasteiger partial charge on any atom is 0.406 e. The van der Waals surface area contributed by atoms with Crippen molar-refractivity contribution in [2.24, 2.45) is 0 Å². The number of nitrogens with zero attached hydrogens (tertiary/aromatic N) is 3. The fourth-order valence-corrected chi connectivity index (χ4v) is 2.89. The molecule has 8 heteroatoms. The van der Waals surface area contributed by atoms with Gasteiger partial charge in [-0.15, -0.1) is 0 Å². The molecule has 0 bridgehead atoms. The predicted octanol–water partition coefficient (Wildman–Crippen LogP) is 1.97. The number of aromatic nitrogens is 2. The van der Waals surface area contributed by atoms with Gasteiger partial charge in [-0.25, -0.2) is 9.48 Å². The van der Waals surface area contributed by atoms with Crippen molar-refractivity contribution in [1.29, 1.82) is 0 Å². The molecular formula is C14H23IN4O3. The van der Waals surface area contributed by atoms with Crippen molar-refractivity contribution in [2.75, 3.05) is 33.9 Å². The van der Waals surface area contributed by atoms with Gasteiger partial charge in [-0.1, -0.05) is 0 Å². The molecule has 1 fully saturated rings. The van der Waals surface area contributed by atoms with Crippen LogP contribution < -0.4 is 5.32 Å². The van der Waals surface area contributed by atoms with Crippen molar-refractivity contribution in [3.8, 4) is 0 Å². The van der Waals surface area contributed by atoms with Crippen LogP contribution in [-0.2, 0) is 16.0 Å². The number of rotatable bonds is 6. The zero-order valence-electron chi connectivity index (χ0n) is 13.0. The van der Waals surface area contributed by atoms with Crippen molar-refractivity contribution in [3.63, 3.8) is 0 Å². The third-order valence-corrected chi connectivity index (χ3v) is 4.47. The van der Waals surface area contributed by atoms with E-state index in [1.807, 2.05) is 11.7 Å². The largest absolute Gasteiger partial charge is 0.448 e. The van der Waals surface area contributed by atoms with Gasteiger partial charge in [-0.3, -0.25) is 4.90 Å². The highest BCUT2D eigenvalue weighted by Gasteiger charge is 2.18. The maximum atomic E-state index is 11.0. The first-order valence-electron chi connectivity index (χ1n) is 7.48. The molecule has 1 aromatic rings. The minimum Gasteiger partial charge on any atom is -0.448 e. The number of hydrogen-bond acceptors (Lipinski definition) is 5. The van der Waals surface area contributed by atoms with Gasteiger partial charge in [0, 0.05) is 38.5 Å². The van der Waals surface area contributed by atoms with Crippen molar-refractivity contribution in [2.45, 2.75) is 32.0 Å². The molecule has 7 nitrogen and oxygen atoms in total. The van der Waals surface area contributed by atoms with Gasteiger partial charge in [0.2, 0.25) is 0 Å². The van der Waals surface area contributed by atoms with Gasteiger partial charge in [0.05, 0.1) is 0 Å². The predicted molar refractivity (Wildman–Crippen MR) is 90.5 cm³/mol. The van der Waals surface area contributed by atoms with Gasteiger partial charge in [-0.05, 0) is 48.9 Å². The second-order valence-corrected chi connectivity index (χ2v) is 6.39. The molecule has 2 rings (SSSR count). The van der Waals surface area contributed by atoms with E-state index < -0.39 is 6.09 Å². The standard InChI is InChI=1S/C14H23IN4O3/c1-16-14(20)22-8-6-18(2)9-11-10-19(17-13(11)15)12-5-3-4-7-21-12/h10,12H,3-9H2,1-2H3,(H,16,20). The summed E-state index contributed by atoms with van der Waals surface area (Å²) in [6.45, 7) is 2.62. The summed E-state index contributed by atoms with van der Waals surface area (Å²) >= 11 is 2.26. The molecule has 1 aliphatic heterocycles. The smallest absolute Gasteiger partial charge is 0.406 e. The second-order valence-electron chi connectivity index (χ2n) is 5.37. The monoisotopic (exact) mass is 422 g/mol. The molecule has 1 unspecified atom stereocenters. The molecule has 0 spiro atoms. The van der Waals surface area contributed by atoms with E-state index in [2.05, 4.69) is 44.1 Å². The number of carbonyl (C=O) groups is 1. The Balaban J connectivity index is 1.84. The Kier molecular flexibility index (Phi) is 6.90. The molecule has 0 aliphatic carbocycles. The molecule has 2 heterocycles. The fraction of sp³-hybridized carbons (Fsp3) is 0.714. The number of alkyl carbamates (subject to hydrolysis) is 1. The Hall–Kier alpha value is -0.870. The van der Waals surface area contributed by atoms with Crippen LogP contribution >= 0.6 is 22.6 Å². The van der Waals surface area contributed by atoms with Gasteiger partial charge >= 0.3 is 6.09 Å². The number of carbonyl (C=O) groups excluding carboxylic acids is 1. The lowest BCUT2D eigenvalue weighted by molar-refractivity contribution is -0.0397. The van der Waals surface area contributed by atoms with Crippen LogP contribution in [0.4, 0.5) is 4.79 Å². The molecule has 0 aromatic carbocycles. The van der Waals surface area contributed by atoms with Crippen LogP contribution in [0.5, 0.6) is 0 Å². The zero-order valence-corrected chi connectivity index (χ0v) is 15.2. The van der Waals surface area contributed by atoms with E-state index >= 15 is 0 Å². The van der Waals surface area contributed by atoms with E-state index in [0.29, 0.717) is 13.2 Å². The number of likely N-dealkylation sites (N-methyl/N-ethyl adjacent to an activating group) is 1. The fourth-order valence-electron chi connectivity index (χ4n) is 2.33. The van der Waals surface area contributed by atoms with Crippen molar-refractivity contribution in [3.05, 3.63) is 15.5 Å². The number of hydrogen-bond donors (Lipinski definition) is 1. The third kappa shape index (κ3) is 5.10. The van der Waals surface area contributed by atoms with E-state index in [1.54, 1.807) is 7.05 Å². The topological polar surface area (TPSA) is 68.6 Å². The Bertz CT molecular complexity index is 488. The summed E-state index contributed by atoms with van der Waals surface area (Å²) in [5.41, 5.74) is 1.16. The van der Waals surface area contributed by atoms with E-state index in [0.717, 1.165) is 35.3 Å². The molecule has 124 valence electrons. The van der Waals surface area contributed by atoms with E-state index in [4.69, 9.17) is 9.47 Å². The highest BCUT2D eigenvalue weighted by molar-refractivity contribution is 14.1. The first-order valence-corrected chi connectivity index (χ1v) is 8.56. The van der Waals surface area contributed by atoms with Crippen molar-refractivity contribution < 1.29 is 14.3 Å². The Morgan fingerprint density at radius 1 is 1.64 bits per heavy atom. The molecule has 1 saturated heterocycles. The molecule has 1 N–H and O–H groups in total. The van der Waals surface area contributed by atoms with Crippen molar-refractivity contribution in [1.82, 2.24) is 20.0 Å². The van der Waals surface area contributed by atoms with Crippen LogP contribution in [0.3, 0.4) is 0 Å². The Morgan fingerprint density at radius 3 is 3.14 bits per heavy atom. The lowest BCUT2D eigenvalue weighted by Crippen LogP contribution is -2.27. The molecule has 1 atom stereocenters. The number of halogens is 1. The maximum absolute atomic E-state index is 11.0. The first-order chi connectivity index (χ1) is 10.6. The normalized spacial score (nSPS) is 18.5. The Morgan fingerprint density at radius 2 is 2.45 bits per heavy atom. The van der Waals surface area contributed by atoms with Crippen molar-refractivity contribution >= 4 is 28.7 Å². The Labute approximate surface area is 144 Å². The highest BCUT2D eigenvalue weighted by Crippen LogP contribution is 2.23. The minimum atomic E-state index is -0.398. The van der Waals surface area contributed by atoms with E-state index in [-0.39, 0.29) is 6.23 Å². The second kappa shape index (κ2) is 8.68. The summed E-state index contributed by atoms with van der Waals surface area (Å²) in [6, 6.07) is 0. The average molecular weight is 422 g/mol. The average Bonchev–Trinajstić information content (AvgIpc) is 2.89. The van der Waals surface area contributed by atoms with Crippen LogP contribution in [0.1, 0.15) is 31.1 Å². The van der Waals surface area contributed by atoms with Crippen LogP contribution in [0.15, 0.2) is 6.20 Å². The van der Waals surface area contributed by atoms with E-state index in [1.165, 1.54) is 6.42 Å². The van der Waals surface area contributed by atoms with Gasteiger partial charge in [0.25, 0.3) is 0 Å². The summed E-state index contributed by atoms with van der Waals surface area (Å²) in [6.07, 6.45) is 5.08. The van der Waals surface area contributed by atoms with Crippen LogP contribution in [0, 0.1) is 3.70 Å². The summed E-state index contributed by atoms with van der Waals surface area (Å²) < 4.78 is 13.7. The van der Waals surface area contributed by atoms with Gasteiger partial charge < -0.3 is 14.8 Å². The van der Waals surface area contributed by atoms with Gasteiger partial charge in [0.15, 0.2) is 0 Å². The SMILES string of the molecule is CNC(=O)OCCN(C)Cc1cn(C2CCCCO2)nc1I. The third-order valence-electron chi connectivity index (χ3n) is 3.56. The molecule has 1 aromatic heterocycles. The quantitative estimate of drug-likeness (QED) is 0.711. The first kappa shape index (κ1) is 17.5. The molecule has 0 radical (unpaired) electrons. The number of ether oxygens (including phenoxy) is 2. The van der Waals surface area contributed by atoms with E-state index in [9.17, 15) is 4.79 Å². The minimum absolute atomic E-state index is 0.0675. The lowest BCUT2D eigenvalue weighted by atomic mass is 10.2. The zero-order chi connectivity index (χ0) is 15.9. The van der Waals surface area contributed by atoms with Gasteiger partial charge in [-0.2, -0.15) is 5.10 Å². The van der Waals surface area contributed by atoms with Gasteiger partial charge in [0.1, 0.15) is 16.5 Å². The molecule has 1 amide bonds. The highest BCUT2D eigenvalue weighted by atomic mass is 127.